The summed E-state index contributed by atoms with van der Waals surface area (Å²) in [6, 6.07) is 5.82. The summed E-state index contributed by atoms with van der Waals surface area (Å²) < 4.78 is 10.5. The number of carbonyl (C=O) groups excluding carboxylic acids is 1. The van der Waals surface area contributed by atoms with Gasteiger partial charge in [-0.2, -0.15) is 0 Å². The molecule has 1 N–H and O–H groups in total. The molecule has 92 valence electrons. The van der Waals surface area contributed by atoms with E-state index < -0.39 is 0 Å². The van der Waals surface area contributed by atoms with Crippen LogP contribution in [0.3, 0.4) is 0 Å². The first-order chi connectivity index (χ1) is 8.24. The Labute approximate surface area is 101 Å². The number of ether oxygens (including phenoxy) is 2. The monoisotopic (exact) mass is 235 g/mol. The van der Waals surface area contributed by atoms with Crippen LogP contribution in [0.1, 0.15) is 24.3 Å². The molecule has 0 aliphatic carbocycles. The number of nitrogens with one attached hydrogen (secondary N) is 1. The van der Waals surface area contributed by atoms with Gasteiger partial charge < -0.3 is 14.8 Å². The van der Waals surface area contributed by atoms with Gasteiger partial charge in [-0.15, -0.1) is 0 Å². The molecule has 1 saturated heterocycles. The molecule has 2 rings (SSSR count). The Kier molecular flexibility index (Phi) is 3.52. The van der Waals surface area contributed by atoms with Crippen molar-refractivity contribution < 1.29 is 14.3 Å². The maximum absolute atomic E-state index is 11.1. The number of hydrogen-bond donors (Lipinski definition) is 1. The fourth-order valence-corrected chi connectivity index (χ4v) is 2.15. The van der Waals surface area contributed by atoms with Crippen LogP contribution >= 0.6 is 0 Å². The van der Waals surface area contributed by atoms with Crippen molar-refractivity contribution in [3.8, 4) is 11.5 Å². The fraction of sp³-hybridized carbons (Fsp3) is 0.462. The predicted molar refractivity (Wildman–Crippen MR) is 64.5 cm³/mol. The Morgan fingerprint density at radius 3 is 2.71 bits per heavy atom. The molecule has 0 spiro atoms. The number of hydrogen-bond acceptors (Lipinski definition) is 3. The second-order valence-corrected chi connectivity index (χ2v) is 4.15. The number of amides is 1. The molecule has 0 saturated carbocycles. The lowest BCUT2D eigenvalue weighted by atomic mass is 9.90. The lowest BCUT2D eigenvalue weighted by Gasteiger charge is -2.24. The van der Waals surface area contributed by atoms with Gasteiger partial charge in [-0.05, 0) is 18.1 Å². The molecule has 1 unspecified atom stereocenters. The minimum Gasteiger partial charge on any atom is -0.497 e. The first-order valence-electron chi connectivity index (χ1n) is 5.73. The molecule has 1 fully saturated rings. The third-order valence-electron chi connectivity index (χ3n) is 3.15. The second kappa shape index (κ2) is 5.08. The van der Waals surface area contributed by atoms with Crippen molar-refractivity contribution in [3.63, 3.8) is 0 Å². The van der Waals surface area contributed by atoms with Gasteiger partial charge in [0.05, 0.1) is 14.2 Å². The average Bonchev–Trinajstić information content (AvgIpc) is 2.39. The molecular weight excluding hydrogens is 218 g/mol. The van der Waals surface area contributed by atoms with Crippen molar-refractivity contribution in [2.75, 3.05) is 20.8 Å². The normalized spacial score (nSPS) is 19.6. The number of benzene rings is 1. The molecular formula is C13H17NO3. The highest BCUT2D eigenvalue weighted by Crippen LogP contribution is 2.33. The van der Waals surface area contributed by atoms with E-state index in [0.717, 1.165) is 23.5 Å². The summed E-state index contributed by atoms with van der Waals surface area (Å²) in [6.45, 7) is 0.682. The third kappa shape index (κ3) is 2.52. The van der Waals surface area contributed by atoms with Crippen LogP contribution in [-0.4, -0.2) is 26.7 Å². The van der Waals surface area contributed by atoms with Gasteiger partial charge in [0.2, 0.25) is 5.91 Å². The van der Waals surface area contributed by atoms with Crippen LogP contribution in [0.15, 0.2) is 18.2 Å². The maximum Gasteiger partial charge on any atom is 0.220 e. The van der Waals surface area contributed by atoms with Crippen LogP contribution in [-0.2, 0) is 4.79 Å². The molecule has 1 aliphatic heterocycles. The molecule has 1 aromatic carbocycles. The zero-order valence-electron chi connectivity index (χ0n) is 10.2. The highest BCUT2D eigenvalue weighted by Gasteiger charge is 2.22. The highest BCUT2D eigenvalue weighted by atomic mass is 16.5. The predicted octanol–water partition coefficient (Wildman–Crippen LogP) is 1.70. The van der Waals surface area contributed by atoms with Gasteiger partial charge >= 0.3 is 0 Å². The molecule has 17 heavy (non-hydrogen) atoms. The topological polar surface area (TPSA) is 47.6 Å². The summed E-state index contributed by atoms with van der Waals surface area (Å²) in [6.07, 6.45) is 1.45. The molecule has 0 aromatic heterocycles. The summed E-state index contributed by atoms with van der Waals surface area (Å²) in [7, 11) is 3.29. The van der Waals surface area contributed by atoms with Crippen LogP contribution in [0.2, 0.25) is 0 Å². The first-order valence-corrected chi connectivity index (χ1v) is 5.73. The highest BCUT2D eigenvalue weighted by molar-refractivity contribution is 5.77. The summed E-state index contributed by atoms with van der Waals surface area (Å²) >= 11 is 0. The van der Waals surface area contributed by atoms with Gasteiger partial charge in [-0.1, -0.05) is 6.07 Å². The average molecular weight is 235 g/mol. The molecule has 1 atom stereocenters. The second-order valence-electron chi connectivity index (χ2n) is 4.15. The molecule has 1 aromatic rings. The lowest BCUT2D eigenvalue weighted by molar-refractivity contribution is -0.122. The minimum atomic E-state index is 0.133. The number of carbonyl (C=O) groups is 1. The molecule has 1 heterocycles. The van der Waals surface area contributed by atoms with Gasteiger partial charge in [0.1, 0.15) is 11.5 Å². The van der Waals surface area contributed by atoms with Gasteiger partial charge in [0.15, 0.2) is 0 Å². The Morgan fingerprint density at radius 2 is 2.12 bits per heavy atom. The van der Waals surface area contributed by atoms with E-state index >= 15 is 0 Å². The number of methoxy groups -OCH3 is 2. The molecule has 0 bridgehead atoms. The first kappa shape index (κ1) is 11.8. The Bertz CT molecular complexity index is 407. The van der Waals surface area contributed by atoms with Crippen LogP contribution in [0.4, 0.5) is 0 Å². The third-order valence-corrected chi connectivity index (χ3v) is 3.15. The number of rotatable bonds is 3. The molecule has 4 nitrogen and oxygen atoms in total. The molecule has 0 radical (unpaired) electrons. The zero-order chi connectivity index (χ0) is 12.3. The van der Waals surface area contributed by atoms with Gasteiger partial charge in [-0.25, -0.2) is 0 Å². The van der Waals surface area contributed by atoms with Crippen molar-refractivity contribution in [1.82, 2.24) is 5.32 Å². The number of piperidine rings is 1. The summed E-state index contributed by atoms with van der Waals surface area (Å²) in [5.74, 6) is 2.07. The van der Waals surface area contributed by atoms with Crippen LogP contribution in [0.25, 0.3) is 0 Å². The van der Waals surface area contributed by atoms with Crippen molar-refractivity contribution in [3.05, 3.63) is 23.8 Å². The van der Waals surface area contributed by atoms with E-state index in [-0.39, 0.29) is 5.91 Å². The van der Waals surface area contributed by atoms with Crippen LogP contribution < -0.4 is 14.8 Å². The van der Waals surface area contributed by atoms with E-state index in [4.69, 9.17) is 9.47 Å². The van der Waals surface area contributed by atoms with Crippen molar-refractivity contribution in [1.29, 1.82) is 0 Å². The summed E-state index contributed by atoms with van der Waals surface area (Å²) in [5.41, 5.74) is 1.13. The molecule has 1 aliphatic rings. The molecule has 1 amide bonds. The van der Waals surface area contributed by atoms with E-state index in [9.17, 15) is 4.79 Å². The maximum atomic E-state index is 11.1. The standard InChI is InChI=1S/C13H17NO3/c1-16-10-4-5-11(12(7-10)17-2)9-3-6-13(15)14-8-9/h4-5,7,9H,3,6,8H2,1-2H3,(H,14,15). The van der Waals surface area contributed by atoms with E-state index in [1.165, 1.54) is 0 Å². The van der Waals surface area contributed by atoms with Crippen LogP contribution in [0.5, 0.6) is 11.5 Å². The van der Waals surface area contributed by atoms with Crippen molar-refractivity contribution >= 4 is 5.91 Å². The van der Waals surface area contributed by atoms with Crippen molar-refractivity contribution in [2.24, 2.45) is 0 Å². The summed E-state index contributed by atoms with van der Waals surface area (Å²) in [5, 5.41) is 2.88. The van der Waals surface area contributed by atoms with E-state index in [0.29, 0.717) is 18.9 Å². The van der Waals surface area contributed by atoms with E-state index in [1.54, 1.807) is 14.2 Å². The van der Waals surface area contributed by atoms with Gasteiger partial charge in [0.25, 0.3) is 0 Å². The van der Waals surface area contributed by atoms with E-state index in [2.05, 4.69) is 5.32 Å². The Balaban J connectivity index is 2.22. The van der Waals surface area contributed by atoms with Gasteiger partial charge in [-0.3, -0.25) is 4.79 Å². The Morgan fingerprint density at radius 1 is 1.29 bits per heavy atom. The van der Waals surface area contributed by atoms with Crippen molar-refractivity contribution in [2.45, 2.75) is 18.8 Å². The Hall–Kier alpha value is -1.71. The van der Waals surface area contributed by atoms with E-state index in [1.807, 2.05) is 18.2 Å². The molecule has 4 heteroatoms. The smallest absolute Gasteiger partial charge is 0.220 e. The largest absolute Gasteiger partial charge is 0.497 e. The SMILES string of the molecule is COc1ccc(C2CCC(=O)NC2)c(OC)c1. The lowest BCUT2D eigenvalue weighted by Crippen LogP contribution is -2.33. The van der Waals surface area contributed by atoms with Gasteiger partial charge in [0, 0.05) is 24.9 Å². The zero-order valence-corrected chi connectivity index (χ0v) is 10.2. The quantitative estimate of drug-likeness (QED) is 0.867. The summed E-state index contributed by atoms with van der Waals surface area (Å²) in [4.78, 5) is 11.1. The fourth-order valence-electron chi connectivity index (χ4n) is 2.15. The van der Waals surface area contributed by atoms with Crippen LogP contribution in [0, 0.1) is 0 Å². The minimum absolute atomic E-state index is 0.133.